The summed E-state index contributed by atoms with van der Waals surface area (Å²) in [6, 6.07) is 6.65. The molecule has 1 saturated heterocycles. The third-order valence-corrected chi connectivity index (χ3v) is 3.82. The van der Waals surface area contributed by atoms with E-state index < -0.39 is 5.76 Å². The Labute approximate surface area is 115 Å². The van der Waals surface area contributed by atoms with E-state index in [1.54, 1.807) is 24.3 Å². The first-order valence-corrected chi connectivity index (χ1v) is 7.10. The highest BCUT2D eigenvalue weighted by atomic mass is 32.2. The molecule has 0 aliphatic carbocycles. The summed E-state index contributed by atoms with van der Waals surface area (Å²) >= 11 is 0.450. The molecule has 1 atom stereocenters. The minimum absolute atomic E-state index is 0.0849. The summed E-state index contributed by atoms with van der Waals surface area (Å²) in [6.07, 6.45) is 1.80. The van der Waals surface area contributed by atoms with Crippen LogP contribution >= 0.6 is 11.8 Å². The predicted molar refractivity (Wildman–Crippen MR) is 72.5 cm³/mol. The van der Waals surface area contributed by atoms with Gasteiger partial charge in [-0.3, -0.25) is 4.79 Å². The number of amides is 1. The van der Waals surface area contributed by atoms with Crippen molar-refractivity contribution in [3.63, 3.8) is 0 Å². The van der Waals surface area contributed by atoms with Gasteiger partial charge in [-0.25, -0.2) is 0 Å². The van der Waals surface area contributed by atoms with Crippen molar-refractivity contribution in [3.8, 4) is 0 Å². The normalized spacial score (nSPS) is 19.4. The molecule has 1 amide bonds. The highest BCUT2D eigenvalue weighted by Crippen LogP contribution is 2.32. The van der Waals surface area contributed by atoms with Gasteiger partial charge in [0.1, 0.15) is 0 Å². The van der Waals surface area contributed by atoms with Gasteiger partial charge >= 0.3 is 0 Å². The van der Waals surface area contributed by atoms with Gasteiger partial charge in [0.2, 0.25) is 5.91 Å². The third kappa shape index (κ3) is 4.18. The summed E-state index contributed by atoms with van der Waals surface area (Å²) in [5, 5.41) is 5.91. The van der Waals surface area contributed by atoms with Crippen LogP contribution in [0.3, 0.4) is 0 Å². The SMILES string of the molecule is O=C(Nc1ccccc1SC(F)F)C1CCCNC1. The lowest BCUT2D eigenvalue weighted by Crippen LogP contribution is -2.37. The number of nitrogens with one attached hydrogen (secondary N) is 2. The quantitative estimate of drug-likeness (QED) is 0.836. The van der Waals surface area contributed by atoms with Gasteiger partial charge in [0.05, 0.1) is 11.6 Å². The average Bonchev–Trinajstić information content (AvgIpc) is 2.41. The van der Waals surface area contributed by atoms with E-state index in [1.807, 2.05) is 0 Å². The largest absolute Gasteiger partial charge is 0.325 e. The molecular formula is C13H16F2N2OS. The first-order chi connectivity index (χ1) is 9.16. The summed E-state index contributed by atoms with van der Waals surface area (Å²) in [4.78, 5) is 12.5. The van der Waals surface area contributed by atoms with Crippen molar-refractivity contribution in [2.75, 3.05) is 18.4 Å². The molecule has 0 radical (unpaired) electrons. The van der Waals surface area contributed by atoms with Crippen LogP contribution < -0.4 is 10.6 Å². The van der Waals surface area contributed by atoms with E-state index in [9.17, 15) is 13.6 Å². The summed E-state index contributed by atoms with van der Waals surface area (Å²) < 4.78 is 24.9. The van der Waals surface area contributed by atoms with Gasteiger partial charge < -0.3 is 10.6 Å². The van der Waals surface area contributed by atoms with E-state index in [0.29, 0.717) is 28.9 Å². The van der Waals surface area contributed by atoms with Crippen molar-refractivity contribution in [2.45, 2.75) is 23.5 Å². The van der Waals surface area contributed by atoms with E-state index in [1.165, 1.54) is 0 Å². The molecule has 19 heavy (non-hydrogen) atoms. The van der Waals surface area contributed by atoms with Gasteiger partial charge in [0.15, 0.2) is 0 Å². The number of hydrogen-bond donors (Lipinski definition) is 2. The Bertz CT molecular complexity index is 436. The number of alkyl halides is 2. The molecule has 1 aliphatic rings. The number of anilines is 1. The molecule has 1 aromatic carbocycles. The zero-order valence-electron chi connectivity index (χ0n) is 10.4. The standard InChI is InChI=1S/C13H16F2N2OS/c14-13(15)19-11-6-2-1-5-10(11)17-12(18)9-4-3-7-16-8-9/h1-2,5-6,9,13,16H,3-4,7-8H2,(H,17,18). The fraction of sp³-hybridized carbons (Fsp3) is 0.462. The number of para-hydroxylation sites is 1. The summed E-state index contributed by atoms with van der Waals surface area (Å²) in [7, 11) is 0. The van der Waals surface area contributed by atoms with Crippen molar-refractivity contribution < 1.29 is 13.6 Å². The fourth-order valence-electron chi connectivity index (χ4n) is 2.08. The van der Waals surface area contributed by atoms with E-state index in [0.717, 1.165) is 19.4 Å². The van der Waals surface area contributed by atoms with E-state index in [4.69, 9.17) is 0 Å². The molecule has 0 spiro atoms. The highest BCUT2D eigenvalue weighted by Gasteiger charge is 2.21. The molecule has 1 unspecified atom stereocenters. The van der Waals surface area contributed by atoms with Gasteiger partial charge in [-0.15, -0.1) is 0 Å². The Morgan fingerprint density at radius 1 is 1.42 bits per heavy atom. The summed E-state index contributed by atoms with van der Waals surface area (Å²) in [5.74, 6) is -2.68. The molecule has 0 bridgehead atoms. The second-order valence-corrected chi connectivity index (χ2v) is 5.44. The van der Waals surface area contributed by atoms with Gasteiger partial charge in [0.25, 0.3) is 5.76 Å². The minimum atomic E-state index is -2.49. The summed E-state index contributed by atoms with van der Waals surface area (Å²) in [5.41, 5.74) is 0.461. The van der Waals surface area contributed by atoms with Crippen LogP contribution in [-0.4, -0.2) is 24.8 Å². The van der Waals surface area contributed by atoms with E-state index >= 15 is 0 Å². The lowest BCUT2D eigenvalue weighted by atomic mass is 9.99. The molecule has 1 heterocycles. The van der Waals surface area contributed by atoms with Gasteiger partial charge in [-0.1, -0.05) is 23.9 Å². The predicted octanol–water partition coefficient (Wildman–Crippen LogP) is 2.94. The van der Waals surface area contributed by atoms with Crippen molar-refractivity contribution in [1.82, 2.24) is 5.32 Å². The number of carbonyl (C=O) groups is 1. The molecule has 0 saturated carbocycles. The van der Waals surface area contributed by atoms with Crippen molar-refractivity contribution in [1.29, 1.82) is 0 Å². The third-order valence-electron chi connectivity index (χ3n) is 3.03. The Morgan fingerprint density at radius 2 is 2.21 bits per heavy atom. The molecule has 2 rings (SSSR count). The Balaban J connectivity index is 2.03. The molecule has 104 valence electrons. The van der Waals surface area contributed by atoms with Crippen LogP contribution in [0.15, 0.2) is 29.2 Å². The minimum Gasteiger partial charge on any atom is -0.325 e. The van der Waals surface area contributed by atoms with Crippen LogP contribution in [0.1, 0.15) is 12.8 Å². The molecule has 1 aliphatic heterocycles. The zero-order valence-corrected chi connectivity index (χ0v) is 11.2. The molecule has 1 fully saturated rings. The second kappa shape index (κ2) is 6.86. The Morgan fingerprint density at radius 3 is 2.89 bits per heavy atom. The van der Waals surface area contributed by atoms with Crippen LogP contribution in [0.4, 0.5) is 14.5 Å². The van der Waals surface area contributed by atoms with Crippen LogP contribution in [0.2, 0.25) is 0 Å². The lowest BCUT2D eigenvalue weighted by Gasteiger charge is -2.22. The topological polar surface area (TPSA) is 41.1 Å². The average molecular weight is 286 g/mol. The maximum absolute atomic E-state index is 12.4. The molecule has 2 N–H and O–H groups in total. The highest BCUT2D eigenvalue weighted by molar-refractivity contribution is 7.99. The number of carbonyl (C=O) groups excluding carboxylic acids is 1. The maximum atomic E-state index is 12.4. The number of thioether (sulfide) groups is 1. The Kier molecular flexibility index (Phi) is 5.15. The fourth-order valence-corrected chi connectivity index (χ4v) is 2.67. The van der Waals surface area contributed by atoms with Gasteiger partial charge in [-0.05, 0) is 31.5 Å². The van der Waals surface area contributed by atoms with Crippen LogP contribution in [-0.2, 0) is 4.79 Å². The lowest BCUT2D eigenvalue weighted by molar-refractivity contribution is -0.120. The smallest absolute Gasteiger partial charge is 0.288 e. The van der Waals surface area contributed by atoms with Crippen LogP contribution in [0, 0.1) is 5.92 Å². The Hall–Kier alpha value is -1.14. The molecule has 0 aromatic heterocycles. The monoisotopic (exact) mass is 286 g/mol. The van der Waals surface area contributed by atoms with E-state index in [-0.39, 0.29) is 11.8 Å². The second-order valence-electron chi connectivity index (χ2n) is 4.41. The number of rotatable bonds is 4. The molecule has 1 aromatic rings. The maximum Gasteiger partial charge on any atom is 0.288 e. The number of halogens is 2. The van der Waals surface area contributed by atoms with E-state index in [2.05, 4.69) is 10.6 Å². The number of hydrogen-bond acceptors (Lipinski definition) is 3. The molecule has 6 heteroatoms. The molecular weight excluding hydrogens is 270 g/mol. The van der Waals surface area contributed by atoms with Crippen LogP contribution in [0.25, 0.3) is 0 Å². The first-order valence-electron chi connectivity index (χ1n) is 6.22. The van der Waals surface area contributed by atoms with Gasteiger partial charge in [0, 0.05) is 11.4 Å². The summed E-state index contributed by atoms with van der Waals surface area (Å²) in [6.45, 7) is 1.58. The first kappa shape index (κ1) is 14.3. The van der Waals surface area contributed by atoms with Crippen molar-refractivity contribution in [3.05, 3.63) is 24.3 Å². The van der Waals surface area contributed by atoms with Crippen LogP contribution in [0.5, 0.6) is 0 Å². The van der Waals surface area contributed by atoms with Gasteiger partial charge in [-0.2, -0.15) is 8.78 Å². The molecule has 3 nitrogen and oxygen atoms in total. The zero-order chi connectivity index (χ0) is 13.7. The van der Waals surface area contributed by atoms with Crippen molar-refractivity contribution >= 4 is 23.4 Å². The number of piperidine rings is 1. The number of benzene rings is 1. The van der Waals surface area contributed by atoms with Crippen molar-refractivity contribution in [2.24, 2.45) is 5.92 Å².